The Bertz CT molecular complexity index is 1190. The molecule has 158 valence electrons. The Morgan fingerprint density at radius 3 is 2.61 bits per heavy atom. The van der Waals surface area contributed by atoms with E-state index in [1.165, 1.54) is 0 Å². The van der Waals surface area contributed by atoms with Gasteiger partial charge in [-0.3, -0.25) is 9.59 Å². The number of hydrogen-bond acceptors (Lipinski definition) is 3. The molecule has 0 unspecified atom stereocenters. The first-order valence-electron chi connectivity index (χ1n) is 9.99. The summed E-state index contributed by atoms with van der Waals surface area (Å²) in [6, 6.07) is 19.1. The number of hydrogen-bond donors (Lipinski definition) is 1. The van der Waals surface area contributed by atoms with E-state index in [9.17, 15) is 13.8 Å². The summed E-state index contributed by atoms with van der Waals surface area (Å²) >= 11 is 6.15. The van der Waals surface area contributed by atoms with Crippen LogP contribution in [0.3, 0.4) is 0 Å². The minimum atomic E-state index is -1.56. The van der Waals surface area contributed by atoms with Gasteiger partial charge in [0.2, 0.25) is 0 Å². The summed E-state index contributed by atoms with van der Waals surface area (Å²) in [6.45, 7) is 2.76. The van der Waals surface area contributed by atoms with Crippen molar-refractivity contribution in [2.75, 3.05) is 11.4 Å². The molecule has 5 nitrogen and oxygen atoms in total. The Labute approximate surface area is 188 Å². The molecule has 0 spiro atoms. The van der Waals surface area contributed by atoms with E-state index in [-0.39, 0.29) is 18.4 Å². The molecule has 0 bridgehead atoms. The summed E-state index contributed by atoms with van der Waals surface area (Å²) in [5.41, 5.74) is 2.09. The van der Waals surface area contributed by atoms with E-state index in [2.05, 4.69) is 5.32 Å². The third-order valence-corrected chi connectivity index (χ3v) is 6.77. The van der Waals surface area contributed by atoms with Crippen LogP contribution in [0.15, 0.2) is 76.5 Å². The van der Waals surface area contributed by atoms with Crippen LogP contribution in [0.4, 0.5) is 5.69 Å². The van der Waals surface area contributed by atoms with Crippen LogP contribution in [0.25, 0.3) is 0 Å². The van der Waals surface area contributed by atoms with Crippen LogP contribution in [-0.4, -0.2) is 22.6 Å². The number of halogens is 1. The fraction of sp³-hybridized carbons (Fsp3) is 0.167. The normalized spacial score (nSPS) is 15.1. The van der Waals surface area contributed by atoms with E-state index in [1.807, 2.05) is 19.1 Å². The van der Waals surface area contributed by atoms with Gasteiger partial charge in [0.15, 0.2) is 0 Å². The van der Waals surface area contributed by atoms with Gasteiger partial charge in [-0.1, -0.05) is 42.8 Å². The predicted octanol–water partition coefficient (Wildman–Crippen LogP) is 4.81. The zero-order valence-corrected chi connectivity index (χ0v) is 18.5. The third kappa shape index (κ3) is 4.27. The van der Waals surface area contributed by atoms with Gasteiger partial charge in [0, 0.05) is 17.1 Å². The number of anilines is 1. The highest BCUT2D eigenvalue weighted by atomic mass is 35.5. The zero-order valence-electron chi connectivity index (χ0n) is 16.9. The molecule has 2 amide bonds. The molecule has 1 atom stereocenters. The number of nitrogens with zero attached hydrogens (tertiary/aromatic N) is 1. The monoisotopic (exact) mass is 452 g/mol. The minimum Gasteiger partial charge on any atom is -0.352 e. The van der Waals surface area contributed by atoms with Crippen LogP contribution in [-0.2, 0) is 17.3 Å². The molecule has 1 N–H and O–H groups in total. The van der Waals surface area contributed by atoms with Crippen molar-refractivity contribution >= 4 is 39.9 Å². The van der Waals surface area contributed by atoms with Gasteiger partial charge in [0.05, 0.1) is 38.4 Å². The first-order chi connectivity index (χ1) is 15.0. The lowest BCUT2D eigenvalue weighted by Gasteiger charge is -2.23. The molecule has 1 aliphatic heterocycles. The molecule has 31 heavy (non-hydrogen) atoms. The van der Waals surface area contributed by atoms with Crippen LogP contribution in [0, 0.1) is 0 Å². The van der Waals surface area contributed by atoms with Gasteiger partial charge < -0.3 is 10.2 Å². The van der Waals surface area contributed by atoms with Crippen molar-refractivity contribution in [2.45, 2.75) is 29.7 Å². The smallest absolute Gasteiger partial charge is 0.259 e. The maximum absolute atomic E-state index is 13.5. The highest BCUT2D eigenvalue weighted by Gasteiger charge is 2.31. The van der Waals surface area contributed by atoms with E-state index in [1.54, 1.807) is 59.5 Å². The molecule has 0 aromatic heterocycles. The highest BCUT2D eigenvalue weighted by molar-refractivity contribution is 7.85. The SMILES string of the molecule is CCCNC(=O)c1ccc2c(c1)N(Cc1cccc(Cl)c1)C(=O)c1ccccc1[S@]2=O. The predicted molar refractivity (Wildman–Crippen MR) is 122 cm³/mol. The number of rotatable bonds is 5. The lowest BCUT2D eigenvalue weighted by Crippen LogP contribution is -2.31. The van der Waals surface area contributed by atoms with Crippen molar-refractivity contribution in [3.63, 3.8) is 0 Å². The molecule has 4 rings (SSSR count). The third-order valence-electron chi connectivity index (χ3n) is 5.04. The Kier molecular flexibility index (Phi) is 6.20. The van der Waals surface area contributed by atoms with E-state index in [0.717, 1.165) is 12.0 Å². The van der Waals surface area contributed by atoms with Gasteiger partial charge in [0.25, 0.3) is 11.8 Å². The van der Waals surface area contributed by atoms with Crippen molar-refractivity contribution in [1.82, 2.24) is 5.32 Å². The van der Waals surface area contributed by atoms with Crippen molar-refractivity contribution < 1.29 is 13.8 Å². The number of carbonyl (C=O) groups is 2. The average Bonchev–Trinajstić information content (AvgIpc) is 2.87. The van der Waals surface area contributed by atoms with E-state index in [0.29, 0.717) is 38.2 Å². The van der Waals surface area contributed by atoms with Gasteiger partial charge in [-0.05, 0) is 54.4 Å². The summed E-state index contributed by atoms with van der Waals surface area (Å²) < 4.78 is 13.4. The summed E-state index contributed by atoms with van der Waals surface area (Å²) in [4.78, 5) is 28.6. The molecule has 0 radical (unpaired) electrons. The average molecular weight is 453 g/mol. The lowest BCUT2D eigenvalue weighted by molar-refractivity contribution is 0.0950. The first kappa shape index (κ1) is 21.3. The van der Waals surface area contributed by atoms with Crippen LogP contribution >= 0.6 is 11.6 Å². The fourth-order valence-electron chi connectivity index (χ4n) is 3.52. The summed E-state index contributed by atoms with van der Waals surface area (Å²) in [5.74, 6) is -0.499. The summed E-state index contributed by atoms with van der Waals surface area (Å²) in [5, 5.41) is 3.41. The van der Waals surface area contributed by atoms with Gasteiger partial charge in [-0.25, -0.2) is 4.21 Å². The minimum absolute atomic E-state index is 0.229. The number of nitrogens with one attached hydrogen (secondary N) is 1. The van der Waals surface area contributed by atoms with Crippen molar-refractivity contribution in [1.29, 1.82) is 0 Å². The molecule has 0 aliphatic carbocycles. The molecular formula is C24H21ClN2O3S. The lowest BCUT2D eigenvalue weighted by atomic mass is 10.1. The zero-order chi connectivity index (χ0) is 22.0. The summed E-state index contributed by atoms with van der Waals surface area (Å²) in [6.07, 6.45) is 0.815. The van der Waals surface area contributed by atoms with E-state index in [4.69, 9.17) is 11.6 Å². The topological polar surface area (TPSA) is 66.5 Å². The largest absolute Gasteiger partial charge is 0.352 e. The van der Waals surface area contributed by atoms with Crippen molar-refractivity contribution in [3.05, 3.63) is 88.4 Å². The van der Waals surface area contributed by atoms with Crippen molar-refractivity contribution in [2.24, 2.45) is 0 Å². The Morgan fingerprint density at radius 2 is 1.84 bits per heavy atom. The molecule has 3 aromatic carbocycles. The quantitative estimate of drug-likeness (QED) is 0.604. The Hall–Kier alpha value is -2.96. The Morgan fingerprint density at radius 1 is 1.03 bits per heavy atom. The molecule has 0 saturated heterocycles. The maximum atomic E-state index is 13.5. The first-order valence-corrected chi connectivity index (χ1v) is 11.5. The standard InChI is InChI=1S/C24H21ClN2O3S/c1-2-12-26-23(28)17-10-11-22-20(14-17)27(15-16-6-5-7-18(25)13-16)24(29)19-8-3-4-9-21(19)31(22)30/h3-11,13-14H,2,12,15H2,1H3,(H,26,28)/t31-/m1/s1. The van der Waals surface area contributed by atoms with Crippen LogP contribution in [0.5, 0.6) is 0 Å². The van der Waals surface area contributed by atoms with E-state index >= 15 is 0 Å². The second-order valence-electron chi connectivity index (χ2n) is 7.22. The maximum Gasteiger partial charge on any atom is 0.259 e. The molecule has 7 heteroatoms. The van der Waals surface area contributed by atoms with Gasteiger partial charge in [0.1, 0.15) is 0 Å². The summed E-state index contributed by atoms with van der Waals surface area (Å²) in [7, 11) is -1.56. The van der Waals surface area contributed by atoms with Crippen LogP contribution < -0.4 is 10.2 Å². The number of fused-ring (bicyclic) bond motifs is 2. The molecule has 1 aliphatic rings. The van der Waals surface area contributed by atoms with Gasteiger partial charge in [-0.15, -0.1) is 0 Å². The molecular weight excluding hydrogens is 432 g/mol. The number of benzene rings is 3. The molecule has 3 aromatic rings. The van der Waals surface area contributed by atoms with E-state index < -0.39 is 10.8 Å². The number of carbonyl (C=O) groups excluding carboxylic acids is 2. The Balaban J connectivity index is 1.86. The molecule has 1 heterocycles. The van der Waals surface area contributed by atoms with Crippen LogP contribution in [0.2, 0.25) is 5.02 Å². The molecule has 0 fully saturated rings. The second-order valence-corrected chi connectivity index (χ2v) is 9.08. The van der Waals surface area contributed by atoms with Crippen LogP contribution in [0.1, 0.15) is 39.6 Å². The highest BCUT2D eigenvalue weighted by Crippen LogP contribution is 2.36. The molecule has 0 saturated carbocycles. The van der Waals surface area contributed by atoms with Gasteiger partial charge >= 0.3 is 0 Å². The fourth-order valence-corrected chi connectivity index (χ4v) is 5.08. The van der Waals surface area contributed by atoms with Gasteiger partial charge in [-0.2, -0.15) is 0 Å². The number of amides is 2. The second kappa shape index (κ2) is 9.04. The van der Waals surface area contributed by atoms with Crippen molar-refractivity contribution in [3.8, 4) is 0 Å².